The van der Waals surface area contributed by atoms with Crippen LogP contribution in [0.2, 0.25) is 0 Å². The number of benzene rings is 1. The second-order valence-corrected chi connectivity index (χ2v) is 4.60. The molecule has 1 aromatic rings. The van der Waals surface area contributed by atoms with Crippen LogP contribution >= 0.6 is 0 Å². The first-order chi connectivity index (χ1) is 10.5. The van der Waals surface area contributed by atoms with Crippen molar-refractivity contribution < 1.29 is 23.9 Å². The standard InChI is InChI=1S/C15H20N2O5/c1-21-14(19)11-7-5-10(6-8-11)13(18)17-9-3-4-12(16)15(20)22-2/h5-8,12H,3-4,9,16H2,1-2H3,(H,17,18)/t12-/m0/s1. The molecule has 0 unspecified atom stereocenters. The van der Waals surface area contributed by atoms with E-state index in [1.165, 1.54) is 26.4 Å². The number of methoxy groups -OCH3 is 2. The van der Waals surface area contributed by atoms with Gasteiger partial charge in [-0.2, -0.15) is 0 Å². The molecule has 120 valence electrons. The smallest absolute Gasteiger partial charge is 0.337 e. The Labute approximate surface area is 128 Å². The van der Waals surface area contributed by atoms with Crippen molar-refractivity contribution in [1.82, 2.24) is 5.32 Å². The number of hydrogen-bond acceptors (Lipinski definition) is 6. The second-order valence-electron chi connectivity index (χ2n) is 4.60. The number of nitrogens with one attached hydrogen (secondary N) is 1. The molecule has 7 heteroatoms. The van der Waals surface area contributed by atoms with Crippen LogP contribution in [0.1, 0.15) is 33.6 Å². The Morgan fingerprint density at radius 2 is 1.68 bits per heavy atom. The lowest BCUT2D eigenvalue weighted by atomic mass is 10.1. The Bertz CT molecular complexity index is 527. The summed E-state index contributed by atoms with van der Waals surface area (Å²) >= 11 is 0. The lowest BCUT2D eigenvalue weighted by molar-refractivity contribution is -0.142. The Balaban J connectivity index is 2.39. The minimum Gasteiger partial charge on any atom is -0.468 e. The Kier molecular flexibility index (Phi) is 7.04. The average molecular weight is 308 g/mol. The molecular weight excluding hydrogens is 288 g/mol. The fourth-order valence-electron chi connectivity index (χ4n) is 1.77. The van der Waals surface area contributed by atoms with Crippen molar-refractivity contribution in [3.8, 4) is 0 Å². The zero-order valence-corrected chi connectivity index (χ0v) is 12.6. The summed E-state index contributed by atoms with van der Waals surface area (Å²) in [6.45, 7) is 0.391. The van der Waals surface area contributed by atoms with Crippen LogP contribution in [0.15, 0.2) is 24.3 Å². The SMILES string of the molecule is COC(=O)c1ccc(C(=O)NCCC[C@H](N)C(=O)OC)cc1. The monoisotopic (exact) mass is 308 g/mol. The third-order valence-corrected chi connectivity index (χ3v) is 3.05. The number of carbonyl (C=O) groups excluding carboxylic acids is 3. The Hall–Kier alpha value is -2.41. The van der Waals surface area contributed by atoms with E-state index in [9.17, 15) is 14.4 Å². The third kappa shape index (κ3) is 5.17. The van der Waals surface area contributed by atoms with Gasteiger partial charge >= 0.3 is 11.9 Å². The lowest BCUT2D eigenvalue weighted by Gasteiger charge is -2.09. The maximum absolute atomic E-state index is 11.9. The summed E-state index contributed by atoms with van der Waals surface area (Å²) in [6, 6.07) is 5.45. The molecule has 7 nitrogen and oxygen atoms in total. The average Bonchev–Trinajstić information content (AvgIpc) is 2.56. The summed E-state index contributed by atoms with van der Waals surface area (Å²) < 4.78 is 9.09. The van der Waals surface area contributed by atoms with Crippen LogP contribution in [0.5, 0.6) is 0 Å². The number of esters is 2. The zero-order chi connectivity index (χ0) is 16.5. The van der Waals surface area contributed by atoms with Crippen molar-refractivity contribution in [2.75, 3.05) is 20.8 Å². The molecule has 0 bridgehead atoms. The summed E-state index contributed by atoms with van der Waals surface area (Å²) in [7, 11) is 2.57. The zero-order valence-electron chi connectivity index (χ0n) is 12.6. The van der Waals surface area contributed by atoms with Gasteiger partial charge in [-0.3, -0.25) is 9.59 Å². The molecule has 0 aromatic heterocycles. The number of nitrogens with two attached hydrogens (primary N) is 1. The molecule has 0 saturated heterocycles. The van der Waals surface area contributed by atoms with Crippen molar-refractivity contribution in [1.29, 1.82) is 0 Å². The van der Waals surface area contributed by atoms with Crippen LogP contribution in [-0.4, -0.2) is 44.7 Å². The highest BCUT2D eigenvalue weighted by Gasteiger charge is 2.13. The normalized spacial score (nSPS) is 11.4. The van der Waals surface area contributed by atoms with E-state index in [1.54, 1.807) is 12.1 Å². The first-order valence-corrected chi connectivity index (χ1v) is 6.79. The summed E-state index contributed by atoms with van der Waals surface area (Å²) in [5.74, 6) is -1.18. The fourth-order valence-corrected chi connectivity index (χ4v) is 1.77. The van der Waals surface area contributed by atoms with E-state index >= 15 is 0 Å². The van der Waals surface area contributed by atoms with Gasteiger partial charge in [-0.15, -0.1) is 0 Å². The molecule has 0 aliphatic rings. The van der Waals surface area contributed by atoms with Gasteiger partial charge < -0.3 is 20.5 Å². The van der Waals surface area contributed by atoms with Crippen LogP contribution in [0, 0.1) is 0 Å². The predicted molar refractivity (Wildman–Crippen MR) is 79.3 cm³/mol. The molecule has 0 heterocycles. The van der Waals surface area contributed by atoms with Gasteiger partial charge in [0.25, 0.3) is 5.91 Å². The van der Waals surface area contributed by atoms with Gasteiger partial charge in [-0.1, -0.05) is 0 Å². The van der Waals surface area contributed by atoms with Crippen molar-refractivity contribution >= 4 is 17.8 Å². The van der Waals surface area contributed by atoms with E-state index in [1.807, 2.05) is 0 Å². The first kappa shape index (κ1) is 17.6. The number of carbonyl (C=O) groups is 3. The molecular formula is C15H20N2O5. The topological polar surface area (TPSA) is 108 Å². The summed E-state index contributed by atoms with van der Waals surface area (Å²) in [5, 5.41) is 2.71. The van der Waals surface area contributed by atoms with Crippen molar-refractivity contribution in [2.24, 2.45) is 5.73 Å². The quantitative estimate of drug-likeness (QED) is 0.560. The number of amides is 1. The van der Waals surface area contributed by atoms with Gasteiger partial charge in [0, 0.05) is 12.1 Å². The highest BCUT2D eigenvalue weighted by Crippen LogP contribution is 2.06. The molecule has 1 aromatic carbocycles. The van der Waals surface area contributed by atoms with Crippen LogP contribution in [0.3, 0.4) is 0 Å². The molecule has 1 rings (SSSR count). The molecule has 0 spiro atoms. The Morgan fingerprint density at radius 1 is 1.09 bits per heavy atom. The van der Waals surface area contributed by atoms with Gasteiger partial charge in [-0.25, -0.2) is 4.79 Å². The summed E-state index contributed by atoms with van der Waals surface area (Å²) in [4.78, 5) is 34.3. The number of hydrogen-bond donors (Lipinski definition) is 2. The minimum absolute atomic E-state index is 0.261. The van der Waals surface area contributed by atoms with Gasteiger partial charge in [0.15, 0.2) is 0 Å². The second kappa shape index (κ2) is 8.78. The maximum Gasteiger partial charge on any atom is 0.337 e. The van der Waals surface area contributed by atoms with Gasteiger partial charge in [0.1, 0.15) is 6.04 Å². The number of rotatable bonds is 7. The van der Waals surface area contributed by atoms with Crippen molar-refractivity contribution in [2.45, 2.75) is 18.9 Å². The summed E-state index contributed by atoms with van der Waals surface area (Å²) in [5.41, 5.74) is 6.40. The molecule has 22 heavy (non-hydrogen) atoms. The molecule has 0 saturated carbocycles. The Morgan fingerprint density at radius 3 is 2.23 bits per heavy atom. The van der Waals surface area contributed by atoms with E-state index in [2.05, 4.69) is 14.8 Å². The van der Waals surface area contributed by atoms with E-state index in [-0.39, 0.29) is 5.91 Å². The van der Waals surface area contributed by atoms with Crippen LogP contribution in [0.4, 0.5) is 0 Å². The largest absolute Gasteiger partial charge is 0.468 e. The van der Waals surface area contributed by atoms with Gasteiger partial charge in [-0.05, 0) is 37.1 Å². The van der Waals surface area contributed by atoms with E-state index in [0.717, 1.165) is 0 Å². The maximum atomic E-state index is 11.9. The van der Waals surface area contributed by atoms with Crippen LogP contribution in [-0.2, 0) is 14.3 Å². The highest BCUT2D eigenvalue weighted by atomic mass is 16.5. The van der Waals surface area contributed by atoms with Crippen LogP contribution in [0.25, 0.3) is 0 Å². The highest BCUT2D eigenvalue weighted by molar-refractivity contribution is 5.96. The lowest BCUT2D eigenvalue weighted by Crippen LogP contribution is -2.33. The number of ether oxygens (including phenoxy) is 2. The molecule has 0 radical (unpaired) electrons. The van der Waals surface area contributed by atoms with E-state index in [4.69, 9.17) is 5.73 Å². The van der Waals surface area contributed by atoms with Gasteiger partial charge in [0.2, 0.25) is 0 Å². The van der Waals surface area contributed by atoms with E-state index < -0.39 is 18.0 Å². The fraction of sp³-hybridized carbons (Fsp3) is 0.400. The first-order valence-electron chi connectivity index (χ1n) is 6.79. The van der Waals surface area contributed by atoms with Crippen LogP contribution < -0.4 is 11.1 Å². The molecule has 1 atom stereocenters. The molecule has 0 aliphatic carbocycles. The molecule has 3 N–H and O–H groups in total. The third-order valence-electron chi connectivity index (χ3n) is 3.05. The van der Waals surface area contributed by atoms with Gasteiger partial charge in [0.05, 0.1) is 19.8 Å². The molecule has 0 fully saturated rings. The molecule has 1 amide bonds. The van der Waals surface area contributed by atoms with E-state index in [0.29, 0.717) is 30.5 Å². The predicted octanol–water partition coefficient (Wildman–Crippen LogP) is 0.484. The molecule has 0 aliphatic heterocycles. The minimum atomic E-state index is -0.679. The van der Waals surface area contributed by atoms with Crippen molar-refractivity contribution in [3.63, 3.8) is 0 Å². The summed E-state index contributed by atoms with van der Waals surface area (Å²) in [6.07, 6.45) is 0.983. The van der Waals surface area contributed by atoms with Crippen molar-refractivity contribution in [3.05, 3.63) is 35.4 Å².